The van der Waals surface area contributed by atoms with Crippen LogP contribution in [-0.4, -0.2) is 37.3 Å². The fourth-order valence-corrected chi connectivity index (χ4v) is 6.27. The molecule has 0 saturated carbocycles. The molecule has 4 aromatic carbocycles. The third-order valence-corrected chi connectivity index (χ3v) is 8.12. The van der Waals surface area contributed by atoms with E-state index in [1.807, 2.05) is 0 Å². The second-order valence-corrected chi connectivity index (χ2v) is 10.4. The molecule has 0 aliphatic carbocycles. The number of aromatic amines is 2. The Morgan fingerprint density at radius 1 is 0.341 bits per heavy atom. The van der Waals surface area contributed by atoms with E-state index in [1.54, 1.807) is 0 Å². The number of hydrogen-bond acceptors (Lipinski definition) is 2. The predicted molar refractivity (Wildman–Crippen MR) is 171 cm³/mol. The van der Waals surface area contributed by atoms with E-state index in [0.717, 1.165) is 88.6 Å². The first kappa shape index (κ1) is 31.4. The van der Waals surface area contributed by atoms with Gasteiger partial charge in [0, 0.05) is 65.9 Å². The van der Waals surface area contributed by atoms with Gasteiger partial charge >= 0.3 is 17.4 Å². The number of rotatable bonds is 0. The maximum atomic E-state index is 5.17. The standard InChI is InChI=1S/C36H22N4.Al.3ClH/c1-2-10-22-21(9-1)29-17-31-23-11-3-4-12-24(23)33(38-31)19-35-27-15-7-8-16-28(27)36(40-35)20-34-26-14-6-5-13-25(26)32(39-34)18-30(22)37-29;;;;/h1-20,37,40H;;3*1H/q;+3;;;/p-3. The van der Waals surface area contributed by atoms with E-state index in [4.69, 9.17) is 9.97 Å². The summed E-state index contributed by atoms with van der Waals surface area (Å²) >= 11 is 0. The van der Waals surface area contributed by atoms with Gasteiger partial charge in [-0.15, -0.1) is 0 Å². The van der Waals surface area contributed by atoms with Crippen LogP contribution in [0, 0.1) is 0 Å². The molecule has 3 aromatic heterocycles. The fraction of sp³-hybridized carbons (Fsp3) is 0. The summed E-state index contributed by atoms with van der Waals surface area (Å²) in [4.78, 5) is 17.8. The molecule has 0 amide bonds. The summed E-state index contributed by atoms with van der Waals surface area (Å²) in [5.41, 5.74) is 12.5. The molecular formula is C36H22AlCl3N4. The van der Waals surface area contributed by atoms with E-state index in [2.05, 4.69) is 131 Å². The zero-order valence-electron chi connectivity index (χ0n) is 23.2. The Balaban J connectivity index is 0.000000960. The van der Waals surface area contributed by atoms with Crippen LogP contribution in [0.15, 0.2) is 121 Å². The summed E-state index contributed by atoms with van der Waals surface area (Å²) in [6.45, 7) is 0. The molecular weight excluding hydrogens is 622 g/mol. The minimum atomic E-state index is 0. The van der Waals surface area contributed by atoms with Gasteiger partial charge in [-0.05, 0) is 24.3 Å². The maximum absolute atomic E-state index is 5.17. The average molecular weight is 644 g/mol. The van der Waals surface area contributed by atoms with E-state index in [1.165, 1.54) is 0 Å². The Hall–Kier alpha value is -4.08. The third-order valence-electron chi connectivity index (χ3n) is 8.12. The molecule has 0 atom stereocenters. The number of benzene rings is 4. The van der Waals surface area contributed by atoms with Crippen molar-refractivity contribution < 1.29 is 37.2 Å². The van der Waals surface area contributed by atoms with Crippen LogP contribution >= 0.6 is 0 Å². The van der Waals surface area contributed by atoms with E-state index >= 15 is 0 Å². The van der Waals surface area contributed by atoms with Gasteiger partial charge in [-0.25, -0.2) is 9.97 Å². The topological polar surface area (TPSA) is 57.4 Å². The van der Waals surface area contributed by atoms with Crippen LogP contribution in [0.1, 0.15) is 0 Å². The van der Waals surface area contributed by atoms with Crippen LogP contribution in [0.3, 0.4) is 0 Å². The summed E-state index contributed by atoms with van der Waals surface area (Å²) in [6.07, 6.45) is 0. The second-order valence-electron chi connectivity index (χ2n) is 10.4. The average Bonchev–Trinajstić information content (AvgIpc) is 3.73. The Labute approximate surface area is 283 Å². The van der Waals surface area contributed by atoms with Gasteiger partial charge in [0.2, 0.25) is 0 Å². The Morgan fingerprint density at radius 3 is 0.818 bits per heavy atom. The van der Waals surface area contributed by atoms with E-state index < -0.39 is 0 Å². The minimum Gasteiger partial charge on any atom is -1.00 e. The first-order valence-corrected chi connectivity index (χ1v) is 13.5. The molecule has 2 aliphatic rings. The SMILES string of the molecule is [Al+3].[Cl-].[Cl-].[Cl-].c1ccc2c(c1)-c1cc3[nH]c(cc4nc(cc5[nH]c(cc-2n1)c1ccccc51)-c1ccccc1-4)c1ccccc31. The van der Waals surface area contributed by atoms with Crippen LogP contribution in [0.4, 0.5) is 0 Å². The van der Waals surface area contributed by atoms with Gasteiger partial charge in [0.1, 0.15) is 0 Å². The summed E-state index contributed by atoms with van der Waals surface area (Å²) in [7, 11) is 0. The van der Waals surface area contributed by atoms with E-state index in [-0.39, 0.29) is 54.6 Å². The number of halogens is 3. The fourth-order valence-electron chi connectivity index (χ4n) is 6.27. The van der Waals surface area contributed by atoms with Crippen molar-refractivity contribution in [3.05, 3.63) is 121 Å². The molecule has 7 aromatic rings. The Bertz CT molecular complexity index is 2040. The van der Waals surface area contributed by atoms with Crippen LogP contribution in [0.2, 0.25) is 0 Å². The molecule has 4 nitrogen and oxygen atoms in total. The molecule has 0 fully saturated rings. The smallest absolute Gasteiger partial charge is 1.00 e. The largest absolute Gasteiger partial charge is 3.00 e. The van der Waals surface area contributed by atoms with E-state index in [0.29, 0.717) is 0 Å². The summed E-state index contributed by atoms with van der Waals surface area (Å²) in [5.74, 6) is 0. The molecule has 2 N–H and O–H groups in total. The Morgan fingerprint density at radius 2 is 0.568 bits per heavy atom. The van der Waals surface area contributed by atoms with Gasteiger partial charge in [-0.2, -0.15) is 0 Å². The van der Waals surface area contributed by atoms with Gasteiger partial charge in [0.05, 0.1) is 22.8 Å². The maximum Gasteiger partial charge on any atom is 3.00 e. The number of aromatic nitrogens is 4. The summed E-state index contributed by atoms with van der Waals surface area (Å²) < 4.78 is 0. The molecule has 44 heavy (non-hydrogen) atoms. The number of nitrogens with one attached hydrogen (secondary N) is 2. The second kappa shape index (κ2) is 12.1. The van der Waals surface area contributed by atoms with Gasteiger partial charge in [0.25, 0.3) is 0 Å². The van der Waals surface area contributed by atoms with Gasteiger partial charge in [0.15, 0.2) is 0 Å². The van der Waals surface area contributed by atoms with Crippen molar-refractivity contribution in [1.82, 2.24) is 19.9 Å². The van der Waals surface area contributed by atoms with Crippen LogP contribution in [0.25, 0.3) is 88.6 Å². The molecule has 210 valence electrons. The van der Waals surface area contributed by atoms with Crippen LogP contribution in [0.5, 0.6) is 0 Å². The molecule has 0 unspecified atom stereocenters. The zero-order chi connectivity index (χ0) is 26.2. The van der Waals surface area contributed by atoms with Crippen LogP contribution < -0.4 is 37.2 Å². The quantitative estimate of drug-likeness (QED) is 0.228. The summed E-state index contributed by atoms with van der Waals surface area (Å²) in [6, 6.07) is 42.7. The monoisotopic (exact) mass is 642 g/mol. The molecule has 2 aliphatic heterocycles. The van der Waals surface area contributed by atoms with Crippen molar-refractivity contribution in [2.24, 2.45) is 0 Å². The van der Waals surface area contributed by atoms with Crippen molar-refractivity contribution in [2.75, 3.05) is 0 Å². The van der Waals surface area contributed by atoms with Gasteiger partial charge < -0.3 is 47.2 Å². The molecule has 0 spiro atoms. The van der Waals surface area contributed by atoms with Crippen molar-refractivity contribution >= 4 is 61.0 Å². The van der Waals surface area contributed by atoms with Crippen molar-refractivity contribution in [3.8, 4) is 45.0 Å². The normalized spacial score (nSPS) is 10.9. The predicted octanol–water partition coefficient (Wildman–Crippen LogP) is -0.0796. The van der Waals surface area contributed by atoms with Gasteiger partial charge in [-0.1, -0.05) is 97.1 Å². The van der Waals surface area contributed by atoms with Crippen molar-refractivity contribution in [3.63, 3.8) is 0 Å². The molecule has 0 radical (unpaired) electrons. The first-order chi connectivity index (χ1) is 19.8. The van der Waals surface area contributed by atoms with Crippen molar-refractivity contribution in [1.29, 1.82) is 0 Å². The first-order valence-electron chi connectivity index (χ1n) is 13.5. The Kier molecular flexibility index (Phi) is 8.64. The number of fused-ring (bicyclic) bond motifs is 20. The molecule has 9 rings (SSSR count). The van der Waals surface area contributed by atoms with Crippen molar-refractivity contribution in [2.45, 2.75) is 0 Å². The molecule has 0 saturated heterocycles. The van der Waals surface area contributed by atoms with Crippen LogP contribution in [-0.2, 0) is 0 Å². The molecule has 8 bridgehead atoms. The number of nitrogens with zero attached hydrogens (tertiary/aromatic N) is 2. The number of H-pyrrole nitrogens is 2. The summed E-state index contributed by atoms with van der Waals surface area (Å²) in [5, 5.41) is 4.66. The van der Waals surface area contributed by atoms with E-state index in [9.17, 15) is 0 Å². The zero-order valence-corrected chi connectivity index (χ0v) is 26.6. The number of hydrogen-bond donors (Lipinski definition) is 2. The third kappa shape index (κ3) is 4.79. The molecule has 5 heterocycles. The van der Waals surface area contributed by atoms with Gasteiger partial charge in [-0.3, -0.25) is 0 Å². The minimum absolute atomic E-state index is 0. The molecule has 8 heteroatoms.